The molecule has 33 valence electrons. The molecule has 6 heavy (non-hydrogen) atoms. The second-order valence-electron chi connectivity index (χ2n) is 1.20. The number of hydrogen-bond acceptors (Lipinski definition) is 1. The standard InChI is InChI=1S/C5H7O/c1-2-4-6-5-3-1/h1-3H,4-5H2. The van der Waals surface area contributed by atoms with E-state index in [1.807, 2.05) is 18.6 Å². The summed E-state index contributed by atoms with van der Waals surface area (Å²) in [5, 5.41) is 0. The molecular weight excluding hydrogens is 76.1 g/mol. The minimum absolute atomic E-state index is 0.788. The maximum Gasteiger partial charge on any atom is 0.0647 e. The lowest BCUT2D eigenvalue weighted by molar-refractivity contribution is 0.180. The van der Waals surface area contributed by atoms with Crippen molar-refractivity contribution in [3.05, 3.63) is 18.6 Å². The van der Waals surface area contributed by atoms with Gasteiger partial charge >= 0.3 is 0 Å². The fraction of sp³-hybridized carbons (Fsp3) is 0.400. The van der Waals surface area contributed by atoms with Crippen molar-refractivity contribution in [3.63, 3.8) is 0 Å². The minimum Gasteiger partial charge on any atom is -0.377 e. The molecule has 0 atom stereocenters. The first-order chi connectivity index (χ1) is 3.00. The van der Waals surface area contributed by atoms with Crippen LogP contribution in [-0.2, 0) is 4.74 Å². The van der Waals surface area contributed by atoms with E-state index >= 15 is 0 Å². The third-order valence-corrected chi connectivity index (χ3v) is 0.700. The fourth-order valence-electron chi connectivity index (χ4n) is 0.411. The summed E-state index contributed by atoms with van der Waals surface area (Å²) in [6.45, 7) is 1.58. The molecular formula is C5H7O. The number of hydrogen-bond donors (Lipinski definition) is 0. The molecule has 1 rings (SSSR count). The smallest absolute Gasteiger partial charge is 0.0647 e. The number of rotatable bonds is 0. The van der Waals surface area contributed by atoms with E-state index in [1.165, 1.54) is 0 Å². The lowest BCUT2D eigenvalue weighted by Gasteiger charge is -2.00. The van der Waals surface area contributed by atoms with Crippen LogP contribution >= 0.6 is 0 Å². The predicted molar refractivity (Wildman–Crippen MR) is 24.3 cm³/mol. The van der Waals surface area contributed by atoms with Crippen LogP contribution in [0.5, 0.6) is 0 Å². The molecule has 0 fully saturated rings. The average molecular weight is 83.1 g/mol. The second kappa shape index (κ2) is 1.98. The highest BCUT2D eigenvalue weighted by Crippen LogP contribution is 1.90. The van der Waals surface area contributed by atoms with Gasteiger partial charge in [-0.3, -0.25) is 0 Å². The molecule has 0 aliphatic carbocycles. The molecule has 0 saturated heterocycles. The topological polar surface area (TPSA) is 9.23 Å². The molecule has 0 aromatic carbocycles. The van der Waals surface area contributed by atoms with E-state index in [0.717, 1.165) is 13.2 Å². The van der Waals surface area contributed by atoms with Crippen LogP contribution < -0.4 is 0 Å². The molecule has 0 N–H and O–H groups in total. The Balaban J connectivity index is 2.26. The van der Waals surface area contributed by atoms with Crippen LogP contribution in [0.2, 0.25) is 0 Å². The van der Waals surface area contributed by atoms with E-state index in [1.54, 1.807) is 0 Å². The Labute approximate surface area is 37.6 Å². The Hall–Kier alpha value is -0.300. The van der Waals surface area contributed by atoms with Gasteiger partial charge in [-0.1, -0.05) is 12.2 Å². The monoisotopic (exact) mass is 83.0 g/mol. The summed E-state index contributed by atoms with van der Waals surface area (Å²) in [6.07, 6.45) is 6.00. The highest BCUT2D eigenvalue weighted by atomic mass is 16.5. The van der Waals surface area contributed by atoms with Crippen LogP contribution in [0.15, 0.2) is 12.2 Å². The van der Waals surface area contributed by atoms with Gasteiger partial charge in [-0.2, -0.15) is 0 Å². The molecule has 1 nitrogen and oxygen atoms in total. The SMILES string of the molecule is [CH]1C=CCOC1. The van der Waals surface area contributed by atoms with Gasteiger partial charge in [-0.15, -0.1) is 0 Å². The lowest BCUT2D eigenvalue weighted by Crippen LogP contribution is -1.97. The maximum atomic E-state index is 4.93. The third kappa shape index (κ3) is 0.830. The van der Waals surface area contributed by atoms with Gasteiger partial charge in [-0.05, 0) is 0 Å². The lowest BCUT2D eigenvalue weighted by atomic mass is 10.3. The zero-order valence-corrected chi connectivity index (χ0v) is 3.55. The van der Waals surface area contributed by atoms with E-state index in [0.29, 0.717) is 0 Å². The van der Waals surface area contributed by atoms with Gasteiger partial charge in [0, 0.05) is 6.42 Å². The molecule has 1 heterocycles. The summed E-state index contributed by atoms with van der Waals surface area (Å²) in [5.41, 5.74) is 0. The Kier molecular flexibility index (Phi) is 1.28. The third-order valence-electron chi connectivity index (χ3n) is 0.700. The number of ether oxygens (including phenoxy) is 1. The second-order valence-corrected chi connectivity index (χ2v) is 1.20. The Morgan fingerprint density at radius 3 is 2.50 bits per heavy atom. The maximum absolute atomic E-state index is 4.93. The van der Waals surface area contributed by atoms with Crippen molar-refractivity contribution in [2.24, 2.45) is 0 Å². The first-order valence-electron chi connectivity index (χ1n) is 2.06. The van der Waals surface area contributed by atoms with Crippen molar-refractivity contribution in [1.29, 1.82) is 0 Å². The van der Waals surface area contributed by atoms with Crippen molar-refractivity contribution in [3.8, 4) is 0 Å². The summed E-state index contributed by atoms with van der Waals surface area (Å²) in [5.74, 6) is 0. The fourth-order valence-corrected chi connectivity index (χ4v) is 0.411. The van der Waals surface area contributed by atoms with Gasteiger partial charge in [0.15, 0.2) is 0 Å². The first-order valence-corrected chi connectivity index (χ1v) is 2.06. The molecule has 0 saturated carbocycles. The van der Waals surface area contributed by atoms with Crippen LogP contribution in [0.1, 0.15) is 0 Å². The average Bonchev–Trinajstić information content (AvgIpc) is 1.72. The molecule has 1 aliphatic heterocycles. The van der Waals surface area contributed by atoms with Crippen LogP contribution in [0.25, 0.3) is 0 Å². The molecule has 0 bridgehead atoms. The van der Waals surface area contributed by atoms with E-state index in [-0.39, 0.29) is 0 Å². The van der Waals surface area contributed by atoms with Crippen molar-refractivity contribution in [2.75, 3.05) is 13.2 Å². The van der Waals surface area contributed by atoms with E-state index in [2.05, 4.69) is 0 Å². The van der Waals surface area contributed by atoms with Crippen molar-refractivity contribution < 1.29 is 4.74 Å². The van der Waals surface area contributed by atoms with E-state index in [9.17, 15) is 0 Å². The van der Waals surface area contributed by atoms with Crippen molar-refractivity contribution in [2.45, 2.75) is 0 Å². The summed E-state index contributed by atoms with van der Waals surface area (Å²) in [4.78, 5) is 0. The molecule has 0 amide bonds. The Morgan fingerprint density at radius 1 is 1.33 bits per heavy atom. The molecule has 1 heteroatoms. The summed E-state index contributed by atoms with van der Waals surface area (Å²) >= 11 is 0. The minimum atomic E-state index is 0.788. The van der Waals surface area contributed by atoms with Gasteiger partial charge in [0.2, 0.25) is 0 Å². The largest absolute Gasteiger partial charge is 0.377 e. The van der Waals surface area contributed by atoms with E-state index in [4.69, 9.17) is 4.74 Å². The van der Waals surface area contributed by atoms with Gasteiger partial charge in [0.05, 0.1) is 13.2 Å². The zero-order valence-electron chi connectivity index (χ0n) is 3.55. The van der Waals surface area contributed by atoms with Crippen LogP contribution in [0, 0.1) is 6.42 Å². The van der Waals surface area contributed by atoms with Gasteiger partial charge in [-0.25, -0.2) is 0 Å². The summed E-state index contributed by atoms with van der Waals surface area (Å²) in [7, 11) is 0. The highest BCUT2D eigenvalue weighted by molar-refractivity contribution is 4.97. The summed E-state index contributed by atoms with van der Waals surface area (Å²) < 4.78 is 4.93. The normalized spacial score (nSPS) is 21.3. The highest BCUT2D eigenvalue weighted by Gasteiger charge is 1.86. The molecule has 1 radical (unpaired) electrons. The summed E-state index contributed by atoms with van der Waals surface area (Å²) in [6, 6.07) is 0. The van der Waals surface area contributed by atoms with Gasteiger partial charge in [0.1, 0.15) is 0 Å². The molecule has 0 aromatic heterocycles. The van der Waals surface area contributed by atoms with Crippen LogP contribution in [-0.4, -0.2) is 13.2 Å². The quantitative estimate of drug-likeness (QED) is 0.420. The van der Waals surface area contributed by atoms with Crippen molar-refractivity contribution in [1.82, 2.24) is 0 Å². The zero-order chi connectivity index (χ0) is 4.24. The molecule has 0 unspecified atom stereocenters. The van der Waals surface area contributed by atoms with Crippen LogP contribution in [0.4, 0.5) is 0 Å². The molecule has 0 aromatic rings. The first kappa shape index (κ1) is 3.88. The van der Waals surface area contributed by atoms with Gasteiger partial charge in [0.25, 0.3) is 0 Å². The van der Waals surface area contributed by atoms with E-state index < -0.39 is 0 Å². The van der Waals surface area contributed by atoms with Crippen molar-refractivity contribution >= 4 is 0 Å². The van der Waals surface area contributed by atoms with Gasteiger partial charge < -0.3 is 4.74 Å². The Morgan fingerprint density at radius 2 is 2.33 bits per heavy atom. The molecule has 0 spiro atoms. The Bertz CT molecular complexity index is 49.0. The predicted octanol–water partition coefficient (Wildman–Crippen LogP) is 0.777. The molecule has 1 aliphatic rings. The van der Waals surface area contributed by atoms with Crippen LogP contribution in [0.3, 0.4) is 0 Å².